The molecule has 0 bridgehead atoms. The highest BCUT2D eigenvalue weighted by Gasteiger charge is 2.06. The fourth-order valence-electron chi connectivity index (χ4n) is 0.963. The zero-order valence-corrected chi connectivity index (χ0v) is 5.50. The summed E-state index contributed by atoms with van der Waals surface area (Å²) in [6, 6.07) is 2.86. The molecule has 0 amide bonds. The van der Waals surface area contributed by atoms with E-state index in [-0.39, 0.29) is 11.3 Å². The molecule has 0 spiro atoms. The SMILES string of the molecule is Oc1ccc2[nH]cnc2c1F. The molecule has 56 valence electrons. The zero-order valence-electron chi connectivity index (χ0n) is 5.50. The lowest BCUT2D eigenvalue weighted by atomic mass is 10.3. The Labute approximate surface area is 61.5 Å². The topological polar surface area (TPSA) is 48.9 Å². The van der Waals surface area contributed by atoms with Crippen LogP contribution >= 0.6 is 0 Å². The fraction of sp³-hybridized carbons (Fsp3) is 0. The van der Waals surface area contributed by atoms with Crippen molar-refractivity contribution in [2.75, 3.05) is 0 Å². The van der Waals surface area contributed by atoms with E-state index < -0.39 is 5.82 Å². The average Bonchev–Trinajstić information content (AvgIpc) is 2.45. The summed E-state index contributed by atoms with van der Waals surface area (Å²) in [5, 5.41) is 8.91. The molecule has 2 rings (SSSR count). The molecule has 0 saturated heterocycles. The Morgan fingerprint density at radius 2 is 2.27 bits per heavy atom. The molecule has 1 aromatic heterocycles. The number of rotatable bonds is 0. The lowest BCUT2D eigenvalue weighted by Crippen LogP contribution is -1.78. The molecule has 0 fully saturated rings. The highest BCUT2D eigenvalue weighted by atomic mass is 19.1. The number of hydrogen-bond acceptors (Lipinski definition) is 2. The van der Waals surface area contributed by atoms with Crippen LogP contribution in [0.3, 0.4) is 0 Å². The summed E-state index contributed by atoms with van der Waals surface area (Å²) in [4.78, 5) is 6.41. The van der Waals surface area contributed by atoms with Crippen molar-refractivity contribution in [2.45, 2.75) is 0 Å². The number of aromatic amines is 1. The maximum atomic E-state index is 12.9. The maximum absolute atomic E-state index is 12.9. The summed E-state index contributed by atoms with van der Waals surface area (Å²) >= 11 is 0. The average molecular weight is 152 g/mol. The van der Waals surface area contributed by atoms with Gasteiger partial charge >= 0.3 is 0 Å². The number of aromatic nitrogens is 2. The van der Waals surface area contributed by atoms with Gasteiger partial charge in [0.1, 0.15) is 5.52 Å². The number of halogens is 1. The fourth-order valence-corrected chi connectivity index (χ4v) is 0.963. The molecule has 0 aliphatic carbocycles. The van der Waals surface area contributed by atoms with Crippen molar-refractivity contribution in [2.24, 2.45) is 0 Å². The van der Waals surface area contributed by atoms with Crippen molar-refractivity contribution < 1.29 is 9.50 Å². The maximum Gasteiger partial charge on any atom is 0.192 e. The van der Waals surface area contributed by atoms with Gasteiger partial charge in [-0.1, -0.05) is 0 Å². The van der Waals surface area contributed by atoms with Crippen molar-refractivity contribution in [3.05, 3.63) is 24.3 Å². The van der Waals surface area contributed by atoms with Gasteiger partial charge in [-0.2, -0.15) is 0 Å². The zero-order chi connectivity index (χ0) is 7.84. The molecule has 0 aliphatic heterocycles. The lowest BCUT2D eigenvalue weighted by Gasteiger charge is -1.93. The molecule has 4 heteroatoms. The van der Waals surface area contributed by atoms with Gasteiger partial charge < -0.3 is 10.1 Å². The van der Waals surface area contributed by atoms with Crippen LogP contribution in [0, 0.1) is 5.82 Å². The second-order valence-corrected chi connectivity index (χ2v) is 2.20. The second-order valence-electron chi connectivity index (χ2n) is 2.20. The Kier molecular flexibility index (Phi) is 1.09. The molecule has 0 aliphatic rings. The summed E-state index contributed by atoms with van der Waals surface area (Å²) in [6.45, 7) is 0. The Morgan fingerprint density at radius 1 is 1.45 bits per heavy atom. The van der Waals surface area contributed by atoms with Crippen LogP contribution in [0.5, 0.6) is 5.75 Å². The summed E-state index contributed by atoms with van der Waals surface area (Å²) in [6.07, 6.45) is 1.38. The second kappa shape index (κ2) is 1.95. The predicted molar refractivity (Wildman–Crippen MR) is 37.7 cm³/mol. The first-order valence-electron chi connectivity index (χ1n) is 3.09. The number of H-pyrrole nitrogens is 1. The van der Waals surface area contributed by atoms with E-state index in [9.17, 15) is 4.39 Å². The van der Waals surface area contributed by atoms with E-state index in [1.54, 1.807) is 6.07 Å². The standard InChI is InChI=1S/C7H5FN2O/c8-6-5(11)2-1-4-7(6)10-3-9-4/h1-3,11H,(H,9,10). The lowest BCUT2D eigenvalue weighted by molar-refractivity contribution is 0.435. The molecule has 11 heavy (non-hydrogen) atoms. The summed E-state index contributed by atoms with van der Waals surface area (Å²) in [5.74, 6) is -1.05. The number of nitrogens with zero attached hydrogens (tertiary/aromatic N) is 1. The van der Waals surface area contributed by atoms with Crippen molar-refractivity contribution in [3.63, 3.8) is 0 Å². The van der Waals surface area contributed by atoms with Crippen LogP contribution in [0.25, 0.3) is 11.0 Å². The van der Waals surface area contributed by atoms with Gasteiger partial charge in [0, 0.05) is 0 Å². The largest absolute Gasteiger partial charge is 0.505 e. The van der Waals surface area contributed by atoms with Crippen molar-refractivity contribution in [3.8, 4) is 5.75 Å². The van der Waals surface area contributed by atoms with E-state index in [0.29, 0.717) is 5.52 Å². The minimum atomic E-state index is -0.677. The molecular weight excluding hydrogens is 147 g/mol. The Morgan fingerprint density at radius 3 is 3.09 bits per heavy atom. The molecule has 2 N–H and O–H groups in total. The number of phenols is 1. The molecule has 0 saturated carbocycles. The first kappa shape index (κ1) is 6.15. The summed E-state index contributed by atoms with van der Waals surface area (Å²) in [7, 11) is 0. The monoisotopic (exact) mass is 152 g/mol. The third kappa shape index (κ3) is 0.756. The van der Waals surface area contributed by atoms with Gasteiger partial charge in [-0.05, 0) is 12.1 Å². The van der Waals surface area contributed by atoms with Crippen LogP contribution in [0.2, 0.25) is 0 Å². The van der Waals surface area contributed by atoms with Gasteiger partial charge in [0.15, 0.2) is 11.6 Å². The Balaban J connectivity index is 2.93. The van der Waals surface area contributed by atoms with Gasteiger partial charge in [0.2, 0.25) is 0 Å². The summed E-state index contributed by atoms with van der Waals surface area (Å²) < 4.78 is 12.9. The number of nitrogens with one attached hydrogen (secondary N) is 1. The number of phenolic OH excluding ortho intramolecular Hbond substituents is 1. The normalized spacial score (nSPS) is 10.6. The van der Waals surface area contributed by atoms with Crippen LogP contribution in [0.15, 0.2) is 18.5 Å². The first-order chi connectivity index (χ1) is 5.29. The van der Waals surface area contributed by atoms with Gasteiger partial charge in [-0.15, -0.1) is 0 Å². The van der Waals surface area contributed by atoms with Gasteiger partial charge in [-0.25, -0.2) is 9.37 Å². The van der Waals surface area contributed by atoms with Gasteiger partial charge in [-0.3, -0.25) is 0 Å². The van der Waals surface area contributed by atoms with E-state index in [4.69, 9.17) is 5.11 Å². The number of hydrogen-bond donors (Lipinski definition) is 2. The number of fused-ring (bicyclic) bond motifs is 1. The molecule has 0 atom stereocenters. The molecule has 3 nitrogen and oxygen atoms in total. The van der Waals surface area contributed by atoms with E-state index in [0.717, 1.165) is 0 Å². The molecule has 0 unspecified atom stereocenters. The highest BCUT2D eigenvalue weighted by molar-refractivity contribution is 5.76. The van der Waals surface area contributed by atoms with Crippen molar-refractivity contribution >= 4 is 11.0 Å². The van der Waals surface area contributed by atoms with E-state index >= 15 is 0 Å². The van der Waals surface area contributed by atoms with Crippen molar-refractivity contribution in [1.82, 2.24) is 9.97 Å². The first-order valence-corrected chi connectivity index (χ1v) is 3.09. The molecule has 2 aromatic rings. The predicted octanol–water partition coefficient (Wildman–Crippen LogP) is 1.41. The van der Waals surface area contributed by atoms with E-state index in [1.807, 2.05) is 0 Å². The third-order valence-corrected chi connectivity index (χ3v) is 1.51. The summed E-state index contributed by atoms with van der Waals surface area (Å²) in [5.41, 5.74) is 0.755. The third-order valence-electron chi connectivity index (χ3n) is 1.51. The Bertz CT molecular complexity index is 396. The van der Waals surface area contributed by atoms with E-state index in [2.05, 4.69) is 9.97 Å². The molecular formula is C7H5FN2O. The number of aromatic hydroxyl groups is 1. The molecule has 0 radical (unpaired) electrons. The van der Waals surface area contributed by atoms with Gasteiger partial charge in [0.25, 0.3) is 0 Å². The molecule has 1 aromatic carbocycles. The van der Waals surface area contributed by atoms with Crippen LogP contribution in [-0.4, -0.2) is 15.1 Å². The van der Waals surface area contributed by atoms with Crippen LogP contribution in [0.4, 0.5) is 4.39 Å². The highest BCUT2D eigenvalue weighted by Crippen LogP contribution is 2.21. The minimum Gasteiger partial charge on any atom is -0.505 e. The van der Waals surface area contributed by atoms with Gasteiger partial charge in [0.05, 0.1) is 11.8 Å². The quantitative estimate of drug-likeness (QED) is 0.599. The van der Waals surface area contributed by atoms with Crippen LogP contribution < -0.4 is 0 Å². The van der Waals surface area contributed by atoms with E-state index in [1.165, 1.54) is 12.4 Å². The Hall–Kier alpha value is -1.58. The van der Waals surface area contributed by atoms with Crippen LogP contribution in [0.1, 0.15) is 0 Å². The smallest absolute Gasteiger partial charge is 0.192 e. The van der Waals surface area contributed by atoms with Crippen molar-refractivity contribution in [1.29, 1.82) is 0 Å². The van der Waals surface area contributed by atoms with Crippen LogP contribution in [-0.2, 0) is 0 Å². The minimum absolute atomic E-state index is 0.171. The molecule has 1 heterocycles. The number of benzene rings is 1. The number of imidazole rings is 1.